The number of rotatable bonds is 1. The molecule has 0 atom stereocenters. The number of fused-ring (bicyclic) bond motifs is 3. The molecule has 7 heteroatoms. The molecule has 16 heavy (non-hydrogen) atoms. The number of pyridine rings is 1. The first kappa shape index (κ1) is 9.34. The summed E-state index contributed by atoms with van der Waals surface area (Å²) < 4.78 is 1.88. The lowest BCUT2D eigenvalue weighted by molar-refractivity contribution is 0.949. The number of imidazole rings is 1. The van der Waals surface area contributed by atoms with Crippen molar-refractivity contribution in [2.75, 3.05) is 12.4 Å². The minimum absolute atomic E-state index is 0.0988. The summed E-state index contributed by atoms with van der Waals surface area (Å²) in [4.78, 5) is 23.4. The number of aromatic nitrogens is 4. The zero-order chi connectivity index (χ0) is 11.3. The first-order valence-electron chi connectivity index (χ1n) is 4.72. The smallest absolute Gasteiger partial charge is 0.307 e. The summed E-state index contributed by atoms with van der Waals surface area (Å²) >= 11 is 1.11. The Morgan fingerprint density at radius 2 is 2.38 bits per heavy atom. The van der Waals surface area contributed by atoms with Gasteiger partial charge in [0.15, 0.2) is 5.82 Å². The lowest BCUT2D eigenvalue weighted by Gasteiger charge is -2.01. The van der Waals surface area contributed by atoms with Crippen molar-refractivity contribution in [1.29, 1.82) is 0 Å². The number of H-pyrrole nitrogens is 1. The van der Waals surface area contributed by atoms with Crippen molar-refractivity contribution in [2.45, 2.75) is 0 Å². The van der Waals surface area contributed by atoms with Gasteiger partial charge in [-0.15, -0.1) is 0 Å². The van der Waals surface area contributed by atoms with Crippen LogP contribution in [0.3, 0.4) is 0 Å². The average Bonchev–Trinajstić information content (AvgIpc) is 2.80. The number of thiazole rings is 1. The molecule has 0 bridgehead atoms. The van der Waals surface area contributed by atoms with Gasteiger partial charge in [0.05, 0.1) is 11.8 Å². The first-order chi connectivity index (χ1) is 7.70. The molecule has 0 saturated heterocycles. The van der Waals surface area contributed by atoms with E-state index in [2.05, 4.69) is 20.3 Å². The third-order valence-corrected chi connectivity index (χ3v) is 3.25. The number of anilines is 1. The SMILES string of the molecule is CNc1nc2sc(=O)[nH]c2c2c1ncn2C. The Morgan fingerprint density at radius 3 is 3.12 bits per heavy atom. The van der Waals surface area contributed by atoms with Crippen LogP contribution < -0.4 is 10.2 Å². The molecule has 0 fully saturated rings. The van der Waals surface area contributed by atoms with Gasteiger partial charge < -0.3 is 14.9 Å². The second-order valence-electron chi connectivity index (χ2n) is 3.46. The number of hydrogen-bond acceptors (Lipinski definition) is 5. The lowest BCUT2D eigenvalue weighted by Crippen LogP contribution is -1.96. The minimum atomic E-state index is -0.0988. The molecule has 0 unspecified atom stereocenters. The first-order valence-corrected chi connectivity index (χ1v) is 5.54. The molecule has 3 aromatic heterocycles. The summed E-state index contributed by atoms with van der Waals surface area (Å²) in [6.45, 7) is 0. The Bertz CT molecular complexity index is 737. The fraction of sp³-hybridized carbons (Fsp3) is 0.222. The monoisotopic (exact) mass is 235 g/mol. The number of nitrogens with one attached hydrogen (secondary N) is 2. The van der Waals surface area contributed by atoms with Gasteiger partial charge in [0.25, 0.3) is 0 Å². The van der Waals surface area contributed by atoms with Crippen molar-refractivity contribution in [3.05, 3.63) is 16.0 Å². The normalized spacial score (nSPS) is 11.4. The highest BCUT2D eigenvalue weighted by atomic mass is 32.1. The quantitative estimate of drug-likeness (QED) is 0.657. The van der Waals surface area contributed by atoms with Crippen molar-refractivity contribution in [2.24, 2.45) is 7.05 Å². The van der Waals surface area contributed by atoms with Crippen molar-refractivity contribution in [3.8, 4) is 0 Å². The fourth-order valence-electron chi connectivity index (χ4n) is 1.79. The van der Waals surface area contributed by atoms with Gasteiger partial charge in [0.1, 0.15) is 15.9 Å². The highest BCUT2D eigenvalue weighted by Gasteiger charge is 2.14. The summed E-state index contributed by atoms with van der Waals surface area (Å²) in [6.07, 6.45) is 1.71. The summed E-state index contributed by atoms with van der Waals surface area (Å²) in [5.74, 6) is 0.693. The van der Waals surface area contributed by atoms with E-state index < -0.39 is 0 Å². The van der Waals surface area contributed by atoms with Crippen LogP contribution in [0.15, 0.2) is 11.1 Å². The van der Waals surface area contributed by atoms with Crippen LogP contribution in [0.5, 0.6) is 0 Å². The topological polar surface area (TPSA) is 75.6 Å². The Kier molecular flexibility index (Phi) is 1.78. The van der Waals surface area contributed by atoms with Crippen LogP contribution in [-0.4, -0.2) is 26.6 Å². The minimum Gasteiger partial charge on any atom is -0.371 e. The van der Waals surface area contributed by atoms with Crippen LogP contribution >= 0.6 is 11.3 Å². The average molecular weight is 235 g/mol. The summed E-state index contributed by atoms with van der Waals surface area (Å²) in [5.41, 5.74) is 2.42. The van der Waals surface area contributed by atoms with E-state index in [9.17, 15) is 4.79 Å². The highest BCUT2D eigenvalue weighted by molar-refractivity contribution is 7.16. The molecule has 0 amide bonds. The summed E-state index contributed by atoms with van der Waals surface area (Å²) in [5, 5.41) is 2.99. The molecular formula is C9H9N5OS. The van der Waals surface area contributed by atoms with E-state index in [1.807, 2.05) is 11.6 Å². The van der Waals surface area contributed by atoms with Gasteiger partial charge in [0, 0.05) is 14.1 Å². The van der Waals surface area contributed by atoms with Crippen molar-refractivity contribution < 1.29 is 0 Å². The zero-order valence-corrected chi connectivity index (χ0v) is 9.55. The van der Waals surface area contributed by atoms with Gasteiger partial charge in [-0.05, 0) is 0 Å². The van der Waals surface area contributed by atoms with Gasteiger partial charge in [-0.3, -0.25) is 4.79 Å². The van der Waals surface area contributed by atoms with Crippen molar-refractivity contribution in [1.82, 2.24) is 19.5 Å². The van der Waals surface area contributed by atoms with Crippen LogP contribution in [0.1, 0.15) is 0 Å². The molecule has 0 radical (unpaired) electrons. The largest absolute Gasteiger partial charge is 0.371 e. The molecule has 0 spiro atoms. The van der Waals surface area contributed by atoms with Crippen LogP contribution in [0, 0.1) is 0 Å². The number of nitrogens with zero attached hydrogens (tertiary/aromatic N) is 3. The molecule has 82 valence electrons. The standard InChI is InChI=1S/C9H9N5OS/c1-10-7-4-6(14(2)3-11-4)5-8(13-7)16-9(15)12-5/h3H,1-2H3,(H,10,13)(H,12,15). The molecule has 0 saturated carbocycles. The fourth-order valence-corrected chi connectivity index (χ4v) is 2.50. The molecule has 6 nitrogen and oxygen atoms in total. The molecule has 3 heterocycles. The van der Waals surface area contributed by atoms with Crippen LogP contribution in [0.2, 0.25) is 0 Å². The number of aromatic amines is 1. The van der Waals surface area contributed by atoms with E-state index in [4.69, 9.17) is 0 Å². The van der Waals surface area contributed by atoms with Gasteiger partial charge in [-0.25, -0.2) is 9.97 Å². The van der Waals surface area contributed by atoms with Gasteiger partial charge >= 0.3 is 4.87 Å². The Hall–Kier alpha value is -1.89. The van der Waals surface area contributed by atoms with Crippen LogP contribution in [-0.2, 0) is 7.05 Å². The van der Waals surface area contributed by atoms with E-state index in [-0.39, 0.29) is 4.87 Å². The Balaban J connectivity index is 2.64. The van der Waals surface area contributed by atoms with Crippen LogP contribution in [0.4, 0.5) is 5.82 Å². The second kappa shape index (κ2) is 3.05. The maximum absolute atomic E-state index is 11.3. The van der Waals surface area contributed by atoms with E-state index in [1.54, 1.807) is 13.4 Å². The van der Waals surface area contributed by atoms with Crippen LogP contribution in [0.25, 0.3) is 21.4 Å². The molecule has 2 N–H and O–H groups in total. The summed E-state index contributed by atoms with van der Waals surface area (Å²) in [7, 11) is 3.68. The molecule has 3 rings (SSSR count). The molecule has 0 aliphatic rings. The second-order valence-corrected chi connectivity index (χ2v) is 4.42. The molecule has 3 aromatic rings. The van der Waals surface area contributed by atoms with Gasteiger partial charge in [-0.2, -0.15) is 0 Å². The number of hydrogen-bond donors (Lipinski definition) is 2. The lowest BCUT2D eigenvalue weighted by atomic mass is 10.3. The maximum atomic E-state index is 11.3. The maximum Gasteiger partial charge on any atom is 0.307 e. The van der Waals surface area contributed by atoms with Gasteiger partial charge in [0.2, 0.25) is 0 Å². The van der Waals surface area contributed by atoms with E-state index in [0.717, 1.165) is 27.9 Å². The van der Waals surface area contributed by atoms with Crippen molar-refractivity contribution >= 4 is 38.5 Å². The third kappa shape index (κ3) is 1.09. The molecular weight excluding hydrogens is 226 g/mol. The molecule has 0 aliphatic heterocycles. The zero-order valence-electron chi connectivity index (χ0n) is 8.74. The van der Waals surface area contributed by atoms with Crippen molar-refractivity contribution in [3.63, 3.8) is 0 Å². The van der Waals surface area contributed by atoms with Gasteiger partial charge in [-0.1, -0.05) is 11.3 Å². The third-order valence-electron chi connectivity index (χ3n) is 2.48. The van der Waals surface area contributed by atoms with E-state index >= 15 is 0 Å². The highest BCUT2D eigenvalue weighted by Crippen LogP contribution is 2.27. The van der Waals surface area contributed by atoms with E-state index in [0.29, 0.717) is 10.6 Å². The van der Waals surface area contributed by atoms with E-state index in [1.165, 1.54) is 0 Å². The number of aryl methyl sites for hydroxylation is 1. The Labute approximate surface area is 94.0 Å². The molecule has 0 aromatic carbocycles. The predicted molar refractivity (Wildman–Crippen MR) is 64.1 cm³/mol. The Morgan fingerprint density at radius 1 is 1.56 bits per heavy atom. The summed E-state index contributed by atoms with van der Waals surface area (Å²) in [6, 6.07) is 0. The molecule has 0 aliphatic carbocycles. The predicted octanol–water partition coefficient (Wildman–Crippen LogP) is 0.913.